The first-order valence-electron chi connectivity index (χ1n) is 7.64. The van der Waals surface area contributed by atoms with Gasteiger partial charge in [-0.3, -0.25) is 4.79 Å². The van der Waals surface area contributed by atoms with Gasteiger partial charge in [0.25, 0.3) is 5.91 Å². The number of amides is 1. The summed E-state index contributed by atoms with van der Waals surface area (Å²) in [6, 6.07) is 12.1. The lowest BCUT2D eigenvalue weighted by Gasteiger charge is -2.17. The van der Waals surface area contributed by atoms with E-state index < -0.39 is 0 Å². The van der Waals surface area contributed by atoms with E-state index in [1.54, 1.807) is 0 Å². The number of rotatable bonds is 2. The zero-order valence-corrected chi connectivity index (χ0v) is 12.7. The first-order valence-corrected chi connectivity index (χ1v) is 7.64. The van der Waals surface area contributed by atoms with Gasteiger partial charge in [0.15, 0.2) is 0 Å². The average molecular weight is 279 g/mol. The van der Waals surface area contributed by atoms with Crippen LogP contribution in [0.4, 0.5) is 5.69 Å². The van der Waals surface area contributed by atoms with Gasteiger partial charge in [0.2, 0.25) is 0 Å². The fraction of sp³-hybridized carbons (Fsp3) is 0.316. The molecule has 1 aliphatic rings. The molecule has 0 spiro atoms. The van der Waals surface area contributed by atoms with E-state index in [1.807, 2.05) is 25.1 Å². The molecule has 0 aromatic heterocycles. The van der Waals surface area contributed by atoms with Gasteiger partial charge < -0.3 is 5.32 Å². The van der Waals surface area contributed by atoms with Crippen LogP contribution in [0.5, 0.6) is 0 Å². The molecular formula is C19H21NO. The van der Waals surface area contributed by atoms with Crippen molar-refractivity contribution in [3.63, 3.8) is 0 Å². The van der Waals surface area contributed by atoms with Crippen molar-refractivity contribution in [2.24, 2.45) is 0 Å². The number of benzene rings is 2. The van der Waals surface area contributed by atoms with Crippen LogP contribution in [-0.2, 0) is 12.8 Å². The summed E-state index contributed by atoms with van der Waals surface area (Å²) in [5, 5.41) is 3.04. The normalized spacial score (nSPS) is 13.6. The summed E-state index contributed by atoms with van der Waals surface area (Å²) in [6.07, 6.45) is 4.74. The third-order valence-corrected chi connectivity index (χ3v) is 4.46. The van der Waals surface area contributed by atoms with Crippen LogP contribution in [0, 0.1) is 13.8 Å². The second-order valence-corrected chi connectivity index (χ2v) is 5.89. The van der Waals surface area contributed by atoms with E-state index >= 15 is 0 Å². The molecule has 0 saturated heterocycles. The number of anilines is 1. The van der Waals surface area contributed by atoms with E-state index in [0.29, 0.717) is 0 Å². The largest absolute Gasteiger partial charge is 0.322 e. The van der Waals surface area contributed by atoms with Crippen molar-refractivity contribution in [2.45, 2.75) is 39.5 Å². The summed E-state index contributed by atoms with van der Waals surface area (Å²) in [4.78, 5) is 12.5. The number of fused-ring (bicyclic) bond motifs is 1. The Balaban J connectivity index is 1.84. The molecule has 3 rings (SSSR count). The van der Waals surface area contributed by atoms with E-state index in [2.05, 4.69) is 30.4 Å². The lowest BCUT2D eigenvalue weighted by molar-refractivity contribution is 0.102. The van der Waals surface area contributed by atoms with Crippen molar-refractivity contribution < 1.29 is 4.79 Å². The molecule has 108 valence electrons. The fourth-order valence-corrected chi connectivity index (χ4v) is 2.96. The number of carbonyl (C=O) groups is 1. The highest BCUT2D eigenvalue weighted by Gasteiger charge is 2.13. The first-order chi connectivity index (χ1) is 10.1. The Morgan fingerprint density at radius 2 is 1.76 bits per heavy atom. The van der Waals surface area contributed by atoms with Crippen LogP contribution in [0.1, 0.15) is 45.5 Å². The predicted molar refractivity (Wildman–Crippen MR) is 87.0 cm³/mol. The van der Waals surface area contributed by atoms with Gasteiger partial charge in [0.05, 0.1) is 0 Å². The first kappa shape index (κ1) is 13.9. The standard InChI is InChI=1S/C19H21NO/c1-13-6-5-9-18(14(13)2)20-19(21)17-11-10-15-7-3-4-8-16(15)12-17/h5-6,9-12H,3-4,7-8H2,1-2H3,(H,20,21). The minimum atomic E-state index is -0.0166. The molecule has 2 nitrogen and oxygen atoms in total. The summed E-state index contributed by atoms with van der Waals surface area (Å²) < 4.78 is 0. The fourth-order valence-electron chi connectivity index (χ4n) is 2.96. The summed E-state index contributed by atoms with van der Waals surface area (Å²) in [6.45, 7) is 4.10. The minimum absolute atomic E-state index is 0.0166. The number of carbonyl (C=O) groups excluding carboxylic acids is 1. The number of nitrogens with one attached hydrogen (secondary N) is 1. The lowest BCUT2D eigenvalue weighted by Crippen LogP contribution is -2.14. The maximum absolute atomic E-state index is 12.5. The molecule has 2 heteroatoms. The molecule has 2 aromatic carbocycles. The van der Waals surface area contributed by atoms with E-state index in [-0.39, 0.29) is 5.91 Å². The SMILES string of the molecule is Cc1cccc(NC(=O)c2ccc3c(c2)CCCC3)c1C. The quantitative estimate of drug-likeness (QED) is 0.865. The van der Waals surface area contributed by atoms with Crippen molar-refractivity contribution in [1.82, 2.24) is 0 Å². The second-order valence-electron chi connectivity index (χ2n) is 5.89. The van der Waals surface area contributed by atoms with Gasteiger partial charge in [-0.15, -0.1) is 0 Å². The Morgan fingerprint density at radius 3 is 2.57 bits per heavy atom. The summed E-state index contributed by atoms with van der Waals surface area (Å²) >= 11 is 0. The Hall–Kier alpha value is -2.09. The van der Waals surface area contributed by atoms with Gasteiger partial charge in [0, 0.05) is 11.3 Å². The number of aryl methyl sites for hydroxylation is 3. The lowest BCUT2D eigenvalue weighted by atomic mass is 9.90. The Kier molecular flexibility index (Phi) is 3.78. The van der Waals surface area contributed by atoms with Crippen molar-refractivity contribution >= 4 is 11.6 Å². The number of hydrogen-bond donors (Lipinski definition) is 1. The highest BCUT2D eigenvalue weighted by Crippen LogP contribution is 2.23. The maximum Gasteiger partial charge on any atom is 0.255 e. The van der Waals surface area contributed by atoms with Crippen molar-refractivity contribution in [2.75, 3.05) is 5.32 Å². The third-order valence-electron chi connectivity index (χ3n) is 4.46. The molecule has 2 aromatic rings. The van der Waals surface area contributed by atoms with Crippen LogP contribution in [-0.4, -0.2) is 5.91 Å². The molecule has 0 heterocycles. The van der Waals surface area contributed by atoms with Crippen molar-refractivity contribution in [3.8, 4) is 0 Å². The van der Waals surface area contributed by atoms with E-state index in [1.165, 1.54) is 29.5 Å². The van der Waals surface area contributed by atoms with Crippen molar-refractivity contribution in [3.05, 3.63) is 64.2 Å². The van der Waals surface area contributed by atoms with Crippen LogP contribution >= 0.6 is 0 Å². The van der Waals surface area contributed by atoms with E-state index in [4.69, 9.17) is 0 Å². The molecule has 0 bridgehead atoms. The summed E-state index contributed by atoms with van der Waals surface area (Å²) in [7, 11) is 0. The smallest absolute Gasteiger partial charge is 0.255 e. The van der Waals surface area contributed by atoms with Crippen LogP contribution in [0.3, 0.4) is 0 Å². The Morgan fingerprint density at radius 1 is 1.00 bits per heavy atom. The van der Waals surface area contributed by atoms with Gasteiger partial charge in [0.1, 0.15) is 0 Å². The molecule has 0 saturated carbocycles. The minimum Gasteiger partial charge on any atom is -0.322 e. The summed E-state index contributed by atoms with van der Waals surface area (Å²) in [5.41, 5.74) is 6.73. The van der Waals surface area contributed by atoms with Crippen molar-refractivity contribution in [1.29, 1.82) is 0 Å². The molecule has 0 atom stereocenters. The van der Waals surface area contributed by atoms with Crippen LogP contribution in [0.2, 0.25) is 0 Å². The average Bonchev–Trinajstić information content (AvgIpc) is 2.51. The van der Waals surface area contributed by atoms with Gasteiger partial charge in [-0.1, -0.05) is 18.2 Å². The monoisotopic (exact) mass is 279 g/mol. The third kappa shape index (κ3) is 2.85. The predicted octanol–water partition coefficient (Wildman–Crippen LogP) is 4.43. The van der Waals surface area contributed by atoms with E-state index in [0.717, 1.165) is 29.7 Å². The van der Waals surface area contributed by atoms with Gasteiger partial charge in [-0.25, -0.2) is 0 Å². The molecule has 1 amide bonds. The maximum atomic E-state index is 12.5. The molecule has 0 unspecified atom stereocenters. The van der Waals surface area contributed by atoms with Crippen LogP contribution in [0.15, 0.2) is 36.4 Å². The van der Waals surface area contributed by atoms with Gasteiger partial charge in [-0.2, -0.15) is 0 Å². The van der Waals surface area contributed by atoms with Crippen LogP contribution in [0.25, 0.3) is 0 Å². The van der Waals surface area contributed by atoms with E-state index in [9.17, 15) is 4.79 Å². The zero-order chi connectivity index (χ0) is 14.8. The second kappa shape index (κ2) is 5.72. The molecule has 1 aliphatic carbocycles. The molecule has 0 fully saturated rings. The molecular weight excluding hydrogens is 258 g/mol. The number of hydrogen-bond acceptors (Lipinski definition) is 1. The zero-order valence-electron chi connectivity index (χ0n) is 12.7. The summed E-state index contributed by atoms with van der Waals surface area (Å²) in [5.74, 6) is -0.0166. The van der Waals surface area contributed by atoms with Gasteiger partial charge >= 0.3 is 0 Å². The highest BCUT2D eigenvalue weighted by atomic mass is 16.1. The highest BCUT2D eigenvalue weighted by molar-refractivity contribution is 6.04. The topological polar surface area (TPSA) is 29.1 Å². The van der Waals surface area contributed by atoms with Gasteiger partial charge in [-0.05, 0) is 80.0 Å². The molecule has 1 N–H and O–H groups in total. The Labute approximate surface area is 126 Å². The Bertz CT molecular complexity index is 688. The molecule has 0 radical (unpaired) electrons. The molecule has 21 heavy (non-hydrogen) atoms. The van der Waals surface area contributed by atoms with Crippen LogP contribution < -0.4 is 5.32 Å². The molecule has 0 aliphatic heterocycles.